The molecule has 2 aliphatic heterocycles. The third-order valence-corrected chi connectivity index (χ3v) is 6.60. The van der Waals surface area contributed by atoms with Gasteiger partial charge in [0, 0.05) is 18.0 Å². The van der Waals surface area contributed by atoms with Gasteiger partial charge in [0.15, 0.2) is 0 Å². The fourth-order valence-electron chi connectivity index (χ4n) is 5.35. The molecule has 0 radical (unpaired) electrons. The molecule has 1 aliphatic carbocycles. The van der Waals surface area contributed by atoms with E-state index in [1.54, 1.807) is 5.56 Å². The predicted molar refractivity (Wildman–Crippen MR) is 112 cm³/mol. The lowest BCUT2D eigenvalue weighted by atomic mass is 9.57. The van der Waals surface area contributed by atoms with Crippen LogP contribution < -0.4 is 5.32 Å². The highest BCUT2D eigenvalue weighted by atomic mass is 15.0. The first-order valence-electron chi connectivity index (χ1n) is 9.89. The van der Waals surface area contributed by atoms with Crippen LogP contribution in [0.3, 0.4) is 0 Å². The summed E-state index contributed by atoms with van der Waals surface area (Å²) < 4.78 is 0. The summed E-state index contributed by atoms with van der Waals surface area (Å²) in [7, 11) is 0. The van der Waals surface area contributed by atoms with Gasteiger partial charge < -0.3 is 5.32 Å². The molecule has 2 heterocycles. The second-order valence-electron chi connectivity index (χ2n) is 9.26. The molecule has 0 saturated carbocycles. The van der Waals surface area contributed by atoms with Crippen LogP contribution in [0, 0.1) is 19.3 Å². The lowest BCUT2D eigenvalue weighted by Gasteiger charge is -2.55. The topological polar surface area (TPSA) is 12.0 Å². The Morgan fingerprint density at radius 3 is 2.62 bits per heavy atom. The van der Waals surface area contributed by atoms with E-state index in [1.165, 1.54) is 39.8 Å². The highest BCUT2D eigenvalue weighted by molar-refractivity contribution is 5.72. The molecule has 1 nitrogen and oxygen atoms in total. The Morgan fingerprint density at radius 2 is 1.92 bits per heavy atom. The fourth-order valence-corrected chi connectivity index (χ4v) is 5.35. The molecule has 1 fully saturated rings. The largest absolute Gasteiger partial charge is 0.306 e. The van der Waals surface area contributed by atoms with Crippen molar-refractivity contribution in [2.24, 2.45) is 5.41 Å². The van der Waals surface area contributed by atoms with Gasteiger partial charge in [-0.1, -0.05) is 55.8 Å². The van der Waals surface area contributed by atoms with Crippen molar-refractivity contribution in [3.8, 4) is 11.1 Å². The monoisotopic (exact) mass is 345 g/mol. The second kappa shape index (κ2) is 6.09. The van der Waals surface area contributed by atoms with Gasteiger partial charge in [-0.25, -0.2) is 0 Å². The minimum atomic E-state index is 0.304. The highest BCUT2D eigenvalue weighted by Gasteiger charge is 2.50. The smallest absolute Gasteiger partial charge is 0.0331 e. The van der Waals surface area contributed by atoms with Crippen molar-refractivity contribution in [3.63, 3.8) is 0 Å². The van der Waals surface area contributed by atoms with Gasteiger partial charge in [-0.2, -0.15) is 0 Å². The summed E-state index contributed by atoms with van der Waals surface area (Å²) >= 11 is 0. The predicted octanol–water partition coefficient (Wildman–Crippen LogP) is 6.46. The number of aryl methyl sites for hydroxylation is 2. The molecule has 3 unspecified atom stereocenters. The molecule has 5 rings (SSSR count). The molecule has 1 heteroatoms. The average Bonchev–Trinajstić information content (AvgIpc) is 2.55. The van der Waals surface area contributed by atoms with E-state index < -0.39 is 0 Å². The first-order valence-corrected chi connectivity index (χ1v) is 9.89. The second-order valence-corrected chi connectivity index (χ2v) is 9.26. The van der Waals surface area contributed by atoms with E-state index in [-0.39, 0.29) is 0 Å². The molecular weight excluding hydrogens is 314 g/mol. The van der Waals surface area contributed by atoms with Gasteiger partial charge >= 0.3 is 0 Å². The van der Waals surface area contributed by atoms with Crippen molar-refractivity contribution in [1.82, 2.24) is 5.32 Å². The Kier molecular flexibility index (Phi) is 4.11. The fraction of sp³-hybridized carbons (Fsp3) is 0.440. The number of nitrogens with one attached hydrogen (secondary N) is 1. The summed E-state index contributed by atoms with van der Waals surface area (Å²) in [6.45, 7) is 15.7. The summed E-state index contributed by atoms with van der Waals surface area (Å²) in [5.41, 5.74) is 10.2. The van der Waals surface area contributed by atoms with Crippen LogP contribution in [0.2, 0.25) is 0 Å². The van der Waals surface area contributed by atoms with E-state index in [4.69, 9.17) is 0 Å². The van der Waals surface area contributed by atoms with Gasteiger partial charge in [0.05, 0.1) is 0 Å². The van der Waals surface area contributed by atoms with Crippen molar-refractivity contribution < 1.29 is 0 Å². The lowest BCUT2D eigenvalue weighted by molar-refractivity contribution is 0.104. The first kappa shape index (κ1) is 17.5. The minimum absolute atomic E-state index is 0.304. The molecule has 0 spiro atoms. The standard InChI is InChI=1S/C25H31N/c1-15(2)12-21-24-23-19(18-11-10-16(3)17(4)13-18)8-7-9-20(23)22(26-21)14-25(24,5)6/h7-11,13,21-22,24,26H,1,12,14H2,2-6H3. The van der Waals surface area contributed by atoms with Crippen molar-refractivity contribution >= 4 is 0 Å². The number of fused-ring (bicyclic) bond motifs is 2. The third-order valence-electron chi connectivity index (χ3n) is 6.60. The molecule has 26 heavy (non-hydrogen) atoms. The van der Waals surface area contributed by atoms with Crippen molar-refractivity contribution in [1.29, 1.82) is 0 Å². The Morgan fingerprint density at radius 1 is 1.15 bits per heavy atom. The van der Waals surface area contributed by atoms with Gasteiger partial charge in [-0.05, 0) is 72.4 Å². The molecule has 2 aromatic carbocycles. The van der Waals surface area contributed by atoms with E-state index in [9.17, 15) is 0 Å². The molecule has 3 aliphatic rings. The van der Waals surface area contributed by atoms with Crippen LogP contribution in [0.1, 0.15) is 67.8 Å². The van der Waals surface area contributed by atoms with E-state index in [0.717, 1.165) is 6.42 Å². The zero-order valence-corrected chi connectivity index (χ0v) is 16.8. The van der Waals surface area contributed by atoms with Crippen LogP contribution in [0.25, 0.3) is 11.1 Å². The van der Waals surface area contributed by atoms with E-state index >= 15 is 0 Å². The minimum Gasteiger partial charge on any atom is -0.306 e. The molecule has 0 amide bonds. The highest BCUT2D eigenvalue weighted by Crippen LogP contribution is 2.57. The number of benzene rings is 2. The molecule has 3 atom stereocenters. The van der Waals surface area contributed by atoms with Gasteiger partial charge in [0.2, 0.25) is 0 Å². The molecule has 0 aromatic heterocycles. The lowest BCUT2D eigenvalue weighted by Crippen LogP contribution is -2.54. The van der Waals surface area contributed by atoms with Crippen LogP contribution in [0.15, 0.2) is 48.6 Å². The van der Waals surface area contributed by atoms with Crippen molar-refractivity contribution in [2.75, 3.05) is 0 Å². The van der Waals surface area contributed by atoms with Crippen LogP contribution in [0.5, 0.6) is 0 Å². The normalized spacial score (nSPS) is 25.8. The quantitative estimate of drug-likeness (QED) is 0.629. The Bertz CT molecular complexity index is 874. The average molecular weight is 346 g/mol. The zero-order chi connectivity index (χ0) is 18.6. The summed E-state index contributed by atoms with van der Waals surface area (Å²) in [5.74, 6) is 0.525. The molecule has 1 N–H and O–H groups in total. The Balaban J connectivity index is 1.90. The Labute approximate surface area is 158 Å². The molecule has 1 saturated heterocycles. The summed E-state index contributed by atoms with van der Waals surface area (Å²) in [6, 6.07) is 14.8. The third kappa shape index (κ3) is 2.74. The van der Waals surface area contributed by atoms with Crippen LogP contribution in [0.4, 0.5) is 0 Å². The van der Waals surface area contributed by atoms with Gasteiger partial charge in [0.25, 0.3) is 0 Å². The molecule has 2 aromatic rings. The number of hydrogen-bond acceptors (Lipinski definition) is 1. The van der Waals surface area contributed by atoms with Crippen LogP contribution >= 0.6 is 0 Å². The van der Waals surface area contributed by atoms with E-state index in [1.807, 2.05) is 0 Å². The SMILES string of the molecule is C=C(C)CC1NC2CC(C)(C)C1c1c(-c3ccc(C)c(C)c3)cccc12. The molecular formula is C25H31N. The maximum atomic E-state index is 4.20. The number of hydrogen-bond donors (Lipinski definition) is 1. The number of rotatable bonds is 3. The van der Waals surface area contributed by atoms with Crippen LogP contribution in [-0.2, 0) is 0 Å². The Hall–Kier alpha value is -1.86. The van der Waals surface area contributed by atoms with Crippen molar-refractivity contribution in [3.05, 3.63) is 70.8 Å². The molecule has 2 bridgehead atoms. The maximum Gasteiger partial charge on any atom is 0.0331 e. The molecule has 136 valence electrons. The summed E-state index contributed by atoms with van der Waals surface area (Å²) in [6.07, 6.45) is 2.28. The maximum absolute atomic E-state index is 4.20. The first-order chi connectivity index (χ1) is 12.3. The van der Waals surface area contributed by atoms with E-state index in [2.05, 4.69) is 82.9 Å². The summed E-state index contributed by atoms with van der Waals surface area (Å²) in [5, 5.41) is 3.93. The number of piperidine rings is 1. The van der Waals surface area contributed by atoms with Gasteiger partial charge in [-0.3, -0.25) is 0 Å². The van der Waals surface area contributed by atoms with E-state index in [0.29, 0.717) is 23.4 Å². The zero-order valence-electron chi connectivity index (χ0n) is 16.8. The van der Waals surface area contributed by atoms with Gasteiger partial charge in [-0.15, -0.1) is 6.58 Å². The van der Waals surface area contributed by atoms with Gasteiger partial charge in [0.1, 0.15) is 0 Å². The van der Waals surface area contributed by atoms with Crippen LogP contribution in [-0.4, -0.2) is 6.04 Å². The van der Waals surface area contributed by atoms with Crippen molar-refractivity contribution in [2.45, 2.75) is 65.5 Å². The summed E-state index contributed by atoms with van der Waals surface area (Å²) in [4.78, 5) is 0.